The number of halogens is 3. The average molecular weight is 466 g/mol. The molecular formula is C25H21F3N4O2. The second-order valence-corrected chi connectivity index (χ2v) is 7.72. The molecule has 4 rings (SSSR count). The smallest absolute Gasteiger partial charge is 0.355 e. The first-order valence-corrected chi connectivity index (χ1v) is 10.5. The van der Waals surface area contributed by atoms with Crippen molar-refractivity contribution in [2.75, 3.05) is 17.2 Å². The van der Waals surface area contributed by atoms with Crippen molar-refractivity contribution in [1.29, 1.82) is 0 Å². The predicted octanol–water partition coefficient (Wildman–Crippen LogP) is 5.17. The molecule has 0 unspecified atom stereocenters. The molecule has 0 bridgehead atoms. The lowest BCUT2D eigenvalue weighted by Crippen LogP contribution is -2.36. The molecule has 0 saturated heterocycles. The number of rotatable bonds is 5. The largest absolute Gasteiger partial charge is 0.416 e. The highest BCUT2D eigenvalue weighted by molar-refractivity contribution is 5.99. The predicted molar refractivity (Wildman–Crippen MR) is 123 cm³/mol. The van der Waals surface area contributed by atoms with E-state index < -0.39 is 17.6 Å². The number of aromatic nitrogens is 1. The van der Waals surface area contributed by atoms with E-state index >= 15 is 0 Å². The Kier molecular flexibility index (Phi) is 6.36. The number of amides is 2. The lowest BCUT2D eigenvalue weighted by molar-refractivity contribution is -0.137. The topological polar surface area (TPSA) is 74.3 Å². The Morgan fingerprint density at radius 3 is 2.47 bits per heavy atom. The Morgan fingerprint density at radius 2 is 1.76 bits per heavy atom. The summed E-state index contributed by atoms with van der Waals surface area (Å²) >= 11 is 0. The first-order valence-electron chi connectivity index (χ1n) is 10.5. The molecule has 174 valence electrons. The van der Waals surface area contributed by atoms with Crippen LogP contribution in [0.25, 0.3) is 0 Å². The van der Waals surface area contributed by atoms with Gasteiger partial charge >= 0.3 is 6.18 Å². The van der Waals surface area contributed by atoms with Crippen LogP contribution in [-0.2, 0) is 23.9 Å². The summed E-state index contributed by atoms with van der Waals surface area (Å²) in [6.07, 6.45) is -2.70. The molecule has 2 amide bonds. The Balaban J connectivity index is 1.49. The molecule has 2 N–H and O–H groups in total. The van der Waals surface area contributed by atoms with E-state index in [2.05, 4.69) is 22.2 Å². The van der Waals surface area contributed by atoms with E-state index in [0.29, 0.717) is 25.2 Å². The van der Waals surface area contributed by atoms with Crippen molar-refractivity contribution in [1.82, 2.24) is 9.88 Å². The maximum atomic E-state index is 13.0. The van der Waals surface area contributed by atoms with Crippen molar-refractivity contribution in [3.8, 4) is 0 Å². The van der Waals surface area contributed by atoms with Gasteiger partial charge in [-0.3, -0.25) is 9.59 Å². The van der Waals surface area contributed by atoms with Crippen LogP contribution >= 0.6 is 0 Å². The molecule has 0 radical (unpaired) electrons. The lowest BCUT2D eigenvalue weighted by Gasteiger charge is -2.30. The molecule has 3 aromatic rings. The highest BCUT2D eigenvalue weighted by Crippen LogP contribution is 2.32. The number of benzene rings is 2. The second-order valence-electron chi connectivity index (χ2n) is 7.72. The zero-order valence-electron chi connectivity index (χ0n) is 18.0. The number of fused-ring (bicyclic) bond motifs is 1. The molecular weight excluding hydrogens is 445 g/mol. The molecule has 0 saturated carbocycles. The van der Waals surface area contributed by atoms with Crippen molar-refractivity contribution in [2.45, 2.75) is 19.1 Å². The summed E-state index contributed by atoms with van der Waals surface area (Å²) < 4.78 is 38.4. The van der Waals surface area contributed by atoms with E-state index in [0.717, 1.165) is 35.0 Å². The standard InChI is InChI=1S/C25H21F3N4O2/c1-2-23(33)31-22-8-4-7-21(30-22)24(34)32-14-13-19-16(15-32)5-3-6-20(19)29-18-11-9-17(10-12-18)25(26,27)28/h2-12,29H,1,13-15H2,(H,30,31,33). The Morgan fingerprint density at radius 1 is 1.03 bits per heavy atom. The zero-order valence-corrected chi connectivity index (χ0v) is 18.0. The summed E-state index contributed by atoms with van der Waals surface area (Å²) in [4.78, 5) is 30.4. The number of pyridine rings is 1. The third-order valence-electron chi connectivity index (χ3n) is 5.45. The number of carbonyl (C=O) groups excluding carboxylic acids is 2. The maximum Gasteiger partial charge on any atom is 0.416 e. The molecule has 2 aromatic carbocycles. The molecule has 6 nitrogen and oxygen atoms in total. The minimum Gasteiger partial charge on any atom is -0.355 e. The first-order chi connectivity index (χ1) is 16.2. The Hall–Kier alpha value is -4.14. The number of nitrogens with one attached hydrogen (secondary N) is 2. The molecule has 1 aromatic heterocycles. The SMILES string of the molecule is C=CC(=O)Nc1cccc(C(=O)N2CCc3c(cccc3Nc3ccc(C(F)(F)F)cc3)C2)n1. The third kappa shape index (κ3) is 5.09. The van der Waals surface area contributed by atoms with Crippen molar-refractivity contribution < 1.29 is 22.8 Å². The molecule has 1 aliphatic rings. The minimum absolute atomic E-state index is 0.212. The summed E-state index contributed by atoms with van der Waals surface area (Å²) in [6, 6.07) is 15.3. The van der Waals surface area contributed by atoms with Crippen LogP contribution in [0.5, 0.6) is 0 Å². The number of nitrogens with zero attached hydrogens (tertiary/aromatic N) is 2. The fraction of sp³-hybridized carbons (Fsp3) is 0.160. The van der Waals surface area contributed by atoms with Crippen LogP contribution in [0.15, 0.2) is 73.3 Å². The summed E-state index contributed by atoms with van der Waals surface area (Å²) in [7, 11) is 0. The monoisotopic (exact) mass is 466 g/mol. The van der Waals surface area contributed by atoms with Gasteiger partial charge in [0.2, 0.25) is 5.91 Å². The number of anilines is 3. The van der Waals surface area contributed by atoms with Gasteiger partial charge in [-0.25, -0.2) is 4.98 Å². The highest BCUT2D eigenvalue weighted by atomic mass is 19.4. The molecule has 0 fully saturated rings. The second kappa shape index (κ2) is 9.38. The van der Waals surface area contributed by atoms with Gasteiger partial charge in [-0.1, -0.05) is 24.8 Å². The summed E-state index contributed by atoms with van der Waals surface area (Å²) in [6.45, 7) is 4.20. The van der Waals surface area contributed by atoms with Crippen molar-refractivity contribution >= 4 is 29.0 Å². The van der Waals surface area contributed by atoms with E-state index in [1.54, 1.807) is 23.1 Å². The quantitative estimate of drug-likeness (QED) is 0.509. The summed E-state index contributed by atoms with van der Waals surface area (Å²) in [5.41, 5.74) is 2.78. The van der Waals surface area contributed by atoms with Crippen LogP contribution in [0.4, 0.5) is 30.4 Å². The maximum absolute atomic E-state index is 13.0. The number of alkyl halides is 3. The first kappa shape index (κ1) is 23.0. The molecule has 0 atom stereocenters. The lowest BCUT2D eigenvalue weighted by atomic mass is 9.97. The fourth-order valence-corrected chi connectivity index (χ4v) is 3.76. The number of hydrogen-bond donors (Lipinski definition) is 2. The third-order valence-corrected chi connectivity index (χ3v) is 5.45. The molecule has 34 heavy (non-hydrogen) atoms. The van der Waals surface area contributed by atoms with Gasteiger partial charge in [-0.15, -0.1) is 0 Å². The van der Waals surface area contributed by atoms with Crippen LogP contribution in [-0.4, -0.2) is 28.2 Å². The van der Waals surface area contributed by atoms with E-state index in [9.17, 15) is 22.8 Å². The Bertz CT molecular complexity index is 1240. The van der Waals surface area contributed by atoms with Crippen LogP contribution in [0.1, 0.15) is 27.2 Å². The van der Waals surface area contributed by atoms with Crippen molar-refractivity contribution in [2.24, 2.45) is 0 Å². The van der Waals surface area contributed by atoms with Crippen LogP contribution in [0.2, 0.25) is 0 Å². The van der Waals surface area contributed by atoms with Gasteiger partial charge in [-0.05, 0) is 66.1 Å². The number of carbonyl (C=O) groups is 2. The molecule has 0 spiro atoms. The van der Waals surface area contributed by atoms with E-state index in [1.807, 2.05) is 18.2 Å². The minimum atomic E-state index is -4.38. The van der Waals surface area contributed by atoms with Crippen LogP contribution in [0, 0.1) is 0 Å². The fourth-order valence-electron chi connectivity index (χ4n) is 3.76. The normalized spacial score (nSPS) is 13.1. The van der Waals surface area contributed by atoms with Crippen LogP contribution < -0.4 is 10.6 Å². The van der Waals surface area contributed by atoms with Gasteiger partial charge in [0.05, 0.1) is 5.56 Å². The average Bonchev–Trinajstić information content (AvgIpc) is 2.83. The van der Waals surface area contributed by atoms with Gasteiger partial charge in [0.25, 0.3) is 5.91 Å². The van der Waals surface area contributed by atoms with Crippen LogP contribution in [0.3, 0.4) is 0 Å². The molecule has 1 aliphatic heterocycles. The summed E-state index contributed by atoms with van der Waals surface area (Å²) in [5.74, 6) is -0.422. The Labute approximate surface area is 194 Å². The van der Waals surface area contributed by atoms with Gasteiger partial charge in [-0.2, -0.15) is 13.2 Å². The summed E-state index contributed by atoms with van der Waals surface area (Å²) in [5, 5.41) is 5.72. The van der Waals surface area contributed by atoms with E-state index in [-0.39, 0.29) is 17.4 Å². The van der Waals surface area contributed by atoms with Gasteiger partial charge in [0, 0.05) is 24.5 Å². The molecule has 2 heterocycles. The van der Waals surface area contributed by atoms with Gasteiger partial charge in [0.15, 0.2) is 0 Å². The van der Waals surface area contributed by atoms with Crippen molar-refractivity contribution in [3.63, 3.8) is 0 Å². The van der Waals surface area contributed by atoms with Crippen molar-refractivity contribution in [3.05, 3.63) is 95.7 Å². The van der Waals surface area contributed by atoms with E-state index in [4.69, 9.17) is 0 Å². The van der Waals surface area contributed by atoms with Gasteiger partial charge in [0.1, 0.15) is 11.5 Å². The molecule has 9 heteroatoms. The zero-order chi connectivity index (χ0) is 24.3. The van der Waals surface area contributed by atoms with E-state index in [1.165, 1.54) is 12.1 Å². The molecule has 0 aliphatic carbocycles. The highest BCUT2D eigenvalue weighted by Gasteiger charge is 2.30. The number of hydrogen-bond acceptors (Lipinski definition) is 4. The van der Waals surface area contributed by atoms with Gasteiger partial charge < -0.3 is 15.5 Å².